The van der Waals surface area contributed by atoms with Gasteiger partial charge in [-0.3, -0.25) is 4.79 Å². The van der Waals surface area contributed by atoms with Crippen molar-refractivity contribution in [3.8, 4) is 0 Å². The summed E-state index contributed by atoms with van der Waals surface area (Å²) in [5.74, 6) is 1.19. The molecular formula is C17H22N4OS2. The van der Waals surface area contributed by atoms with Crippen LogP contribution >= 0.6 is 23.1 Å². The van der Waals surface area contributed by atoms with Crippen LogP contribution in [-0.2, 0) is 17.6 Å². The van der Waals surface area contributed by atoms with Crippen LogP contribution in [0.1, 0.15) is 30.7 Å². The second-order valence-electron chi connectivity index (χ2n) is 6.22. The van der Waals surface area contributed by atoms with Crippen molar-refractivity contribution in [1.82, 2.24) is 15.3 Å². The zero-order valence-electron chi connectivity index (χ0n) is 14.0. The summed E-state index contributed by atoms with van der Waals surface area (Å²) in [6.45, 7) is 8.18. The number of hydrogen-bond acceptors (Lipinski definition) is 6. The fraction of sp³-hybridized carbons (Fsp3) is 0.471. The molecule has 1 amide bonds. The van der Waals surface area contributed by atoms with Crippen molar-refractivity contribution in [2.45, 2.75) is 43.5 Å². The molecule has 0 saturated heterocycles. The van der Waals surface area contributed by atoms with Crippen molar-refractivity contribution in [2.24, 2.45) is 5.92 Å². The van der Waals surface area contributed by atoms with E-state index in [1.165, 1.54) is 28.6 Å². The zero-order chi connectivity index (χ0) is 17.3. The molecule has 2 aromatic heterocycles. The minimum Gasteiger partial charge on any atom is -0.383 e. The van der Waals surface area contributed by atoms with Gasteiger partial charge in [-0.2, -0.15) is 0 Å². The molecule has 0 spiro atoms. The zero-order valence-corrected chi connectivity index (χ0v) is 15.6. The maximum absolute atomic E-state index is 12.0. The predicted molar refractivity (Wildman–Crippen MR) is 102 cm³/mol. The number of rotatable bonds is 5. The molecule has 24 heavy (non-hydrogen) atoms. The first-order valence-electron chi connectivity index (χ1n) is 8.12. The van der Waals surface area contributed by atoms with Gasteiger partial charge in [0, 0.05) is 11.4 Å². The largest absolute Gasteiger partial charge is 0.383 e. The molecule has 7 heteroatoms. The average Bonchev–Trinajstić information content (AvgIpc) is 2.89. The number of aromatic nitrogens is 2. The van der Waals surface area contributed by atoms with Gasteiger partial charge >= 0.3 is 0 Å². The lowest BCUT2D eigenvalue weighted by molar-refractivity contribution is -0.120. The highest BCUT2D eigenvalue weighted by Gasteiger charge is 2.24. The van der Waals surface area contributed by atoms with Gasteiger partial charge in [0.15, 0.2) is 5.16 Å². The average molecular weight is 363 g/mol. The van der Waals surface area contributed by atoms with Crippen LogP contribution in [0.2, 0.25) is 0 Å². The van der Waals surface area contributed by atoms with Gasteiger partial charge in [0.1, 0.15) is 10.6 Å². The highest BCUT2D eigenvalue weighted by atomic mass is 32.2. The second-order valence-corrected chi connectivity index (χ2v) is 8.61. The van der Waals surface area contributed by atoms with Gasteiger partial charge in [-0.25, -0.2) is 9.97 Å². The summed E-state index contributed by atoms with van der Waals surface area (Å²) in [4.78, 5) is 23.4. The second kappa shape index (κ2) is 7.11. The number of hydrogen-bond donors (Lipinski definition) is 2. The van der Waals surface area contributed by atoms with Gasteiger partial charge in [-0.15, -0.1) is 17.9 Å². The Bertz CT molecular complexity index is 786. The molecule has 0 bridgehead atoms. The van der Waals surface area contributed by atoms with E-state index in [2.05, 4.69) is 28.8 Å². The highest BCUT2D eigenvalue weighted by Crippen LogP contribution is 2.40. The fourth-order valence-corrected chi connectivity index (χ4v) is 5.18. The lowest BCUT2D eigenvalue weighted by Crippen LogP contribution is -2.31. The van der Waals surface area contributed by atoms with E-state index >= 15 is 0 Å². The number of nitrogens with zero attached hydrogens (tertiary/aromatic N) is 2. The maximum atomic E-state index is 12.0. The van der Waals surface area contributed by atoms with Crippen LogP contribution < -0.4 is 11.1 Å². The summed E-state index contributed by atoms with van der Waals surface area (Å²) in [5, 5.41) is 4.09. The molecule has 0 aromatic carbocycles. The highest BCUT2D eigenvalue weighted by molar-refractivity contribution is 8.00. The van der Waals surface area contributed by atoms with E-state index < -0.39 is 0 Å². The number of anilines is 1. The number of amides is 1. The summed E-state index contributed by atoms with van der Waals surface area (Å²) in [6.07, 6.45) is 5.00. The van der Waals surface area contributed by atoms with E-state index in [0.717, 1.165) is 23.1 Å². The van der Waals surface area contributed by atoms with Crippen molar-refractivity contribution >= 4 is 45.0 Å². The first-order chi connectivity index (χ1) is 11.5. The number of fused-ring (bicyclic) bond motifs is 3. The van der Waals surface area contributed by atoms with Crippen molar-refractivity contribution in [3.63, 3.8) is 0 Å². The fourth-order valence-electron chi connectivity index (χ4n) is 2.93. The molecule has 0 fully saturated rings. The molecule has 3 N–H and O–H groups in total. The Morgan fingerprint density at radius 2 is 2.38 bits per heavy atom. The first-order valence-corrected chi connectivity index (χ1v) is 9.82. The third-order valence-electron chi connectivity index (χ3n) is 4.23. The van der Waals surface area contributed by atoms with E-state index in [9.17, 15) is 4.79 Å². The van der Waals surface area contributed by atoms with E-state index in [1.807, 2.05) is 6.92 Å². The molecule has 2 aromatic rings. The first kappa shape index (κ1) is 17.2. The monoisotopic (exact) mass is 362 g/mol. The number of carbonyl (C=O) groups excluding carboxylic acids is 1. The number of aryl methyl sites for hydroxylation is 1. The number of nitrogens with two attached hydrogens (primary N) is 1. The molecule has 0 aliphatic heterocycles. The minimum absolute atomic E-state index is 0.0542. The molecule has 5 nitrogen and oxygen atoms in total. The molecule has 3 rings (SSSR count). The Balaban J connectivity index is 1.86. The van der Waals surface area contributed by atoms with Gasteiger partial charge in [0.25, 0.3) is 0 Å². The lowest BCUT2D eigenvalue weighted by atomic mass is 9.89. The molecule has 128 valence electrons. The molecule has 1 aliphatic rings. The van der Waals surface area contributed by atoms with Gasteiger partial charge in [-0.1, -0.05) is 24.8 Å². The van der Waals surface area contributed by atoms with E-state index in [4.69, 9.17) is 5.73 Å². The number of thiophene rings is 1. The van der Waals surface area contributed by atoms with Crippen molar-refractivity contribution < 1.29 is 4.79 Å². The number of carbonyl (C=O) groups is 1. The van der Waals surface area contributed by atoms with Gasteiger partial charge < -0.3 is 11.1 Å². The van der Waals surface area contributed by atoms with E-state index in [-0.39, 0.29) is 11.2 Å². The molecule has 0 saturated carbocycles. The quantitative estimate of drug-likeness (QED) is 0.485. The number of nitrogens with one attached hydrogen (secondary N) is 1. The van der Waals surface area contributed by atoms with Gasteiger partial charge in [0.05, 0.1) is 10.6 Å². The van der Waals surface area contributed by atoms with Crippen LogP contribution in [0, 0.1) is 5.92 Å². The molecule has 0 radical (unpaired) electrons. The summed E-state index contributed by atoms with van der Waals surface area (Å²) in [6, 6.07) is 0. The predicted octanol–water partition coefficient (Wildman–Crippen LogP) is 3.18. The van der Waals surface area contributed by atoms with Crippen LogP contribution in [-0.4, -0.2) is 27.7 Å². The number of thioether (sulfide) groups is 1. The van der Waals surface area contributed by atoms with Gasteiger partial charge in [0.2, 0.25) is 5.91 Å². The topological polar surface area (TPSA) is 80.9 Å². The SMILES string of the molecule is C=CCNC(=O)C(C)Sc1nc(N)c2c3c(sc2n1)CC(C)CC3. The van der Waals surface area contributed by atoms with Crippen molar-refractivity contribution in [1.29, 1.82) is 0 Å². The molecule has 2 atom stereocenters. The van der Waals surface area contributed by atoms with Crippen LogP contribution in [0.5, 0.6) is 0 Å². The van der Waals surface area contributed by atoms with Crippen LogP contribution in [0.4, 0.5) is 5.82 Å². The molecule has 2 unspecified atom stereocenters. The summed E-state index contributed by atoms with van der Waals surface area (Å²) in [7, 11) is 0. The number of nitrogen functional groups attached to an aromatic ring is 1. The Morgan fingerprint density at radius 3 is 3.12 bits per heavy atom. The van der Waals surface area contributed by atoms with Crippen molar-refractivity contribution in [3.05, 3.63) is 23.1 Å². The standard InChI is InChI=1S/C17H22N4OS2/c1-4-7-19-15(22)10(3)23-17-20-14(18)13-11-6-5-9(2)8-12(11)24-16(13)21-17/h4,9-10H,1,5-8H2,2-3H3,(H,19,22)(H2,18,20,21). The smallest absolute Gasteiger partial charge is 0.233 e. The Kier molecular flexibility index (Phi) is 5.10. The summed E-state index contributed by atoms with van der Waals surface area (Å²) >= 11 is 3.06. The van der Waals surface area contributed by atoms with E-state index in [1.54, 1.807) is 17.4 Å². The third-order valence-corrected chi connectivity index (χ3v) is 6.34. The third kappa shape index (κ3) is 3.42. The van der Waals surface area contributed by atoms with Crippen molar-refractivity contribution in [2.75, 3.05) is 12.3 Å². The summed E-state index contributed by atoms with van der Waals surface area (Å²) < 4.78 is 0. The Hall–Kier alpha value is -1.60. The summed E-state index contributed by atoms with van der Waals surface area (Å²) in [5.41, 5.74) is 7.55. The molecule has 2 heterocycles. The minimum atomic E-state index is -0.281. The molecular weight excluding hydrogens is 340 g/mol. The van der Waals surface area contributed by atoms with Crippen LogP contribution in [0.15, 0.2) is 17.8 Å². The van der Waals surface area contributed by atoms with Gasteiger partial charge in [-0.05, 0) is 37.7 Å². The normalized spacial score (nSPS) is 18.2. The van der Waals surface area contributed by atoms with Crippen LogP contribution in [0.25, 0.3) is 10.2 Å². The van der Waals surface area contributed by atoms with E-state index in [0.29, 0.717) is 23.4 Å². The Labute approximate surface area is 150 Å². The maximum Gasteiger partial charge on any atom is 0.233 e. The van der Waals surface area contributed by atoms with Crippen LogP contribution in [0.3, 0.4) is 0 Å². The Morgan fingerprint density at radius 1 is 1.58 bits per heavy atom. The lowest BCUT2D eigenvalue weighted by Gasteiger charge is -2.17. The molecule has 1 aliphatic carbocycles.